The van der Waals surface area contributed by atoms with Crippen molar-refractivity contribution >= 4 is 29.3 Å². The van der Waals surface area contributed by atoms with Gasteiger partial charge in [-0.1, -0.05) is 18.2 Å². The number of thioether (sulfide) groups is 1. The molecule has 0 aliphatic carbocycles. The molecule has 4 rings (SSSR count). The van der Waals surface area contributed by atoms with Crippen molar-refractivity contribution in [3.8, 4) is 11.8 Å². The predicted octanol–water partition coefficient (Wildman–Crippen LogP) is 3.51. The van der Waals surface area contributed by atoms with E-state index in [4.69, 9.17) is 5.26 Å². The number of anilines is 1. The number of amides is 2. The van der Waals surface area contributed by atoms with Gasteiger partial charge in [0.2, 0.25) is 5.91 Å². The van der Waals surface area contributed by atoms with Crippen molar-refractivity contribution in [1.82, 2.24) is 14.7 Å². The summed E-state index contributed by atoms with van der Waals surface area (Å²) < 4.78 is 1.76. The molecule has 1 atom stereocenters. The minimum absolute atomic E-state index is 0.206. The van der Waals surface area contributed by atoms with Crippen LogP contribution in [0.1, 0.15) is 27.2 Å². The summed E-state index contributed by atoms with van der Waals surface area (Å²) in [5.41, 5.74) is 4.32. The largest absolute Gasteiger partial charge is 0.324 e. The van der Waals surface area contributed by atoms with E-state index in [1.165, 1.54) is 0 Å². The van der Waals surface area contributed by atoms with Gasteiger partial charge in [-0.3, -0.25) is 9.59 Å². The van der Waals surface area contributed by atoms with E-state index < -0.39 is 6.04 Å². The molecule has 7 nitrogen and oxygen atoms in total. The zero-order chi connectivity index (χ0) is 22.0. The highest BCUT2D eigenvalue weighted by atomic mass is 32.2. The third-order valence-electron chi connectivity index (χ3n) is 5.31. The van der Waals surface area contributed by atoms with Crippen molar-refractivity contribution in [2.75, 3.05) is 16.9 Å². The summed E-state index contributed by atoms with van der Waals surface area (Å²) in [5, 5.41) is 16.2. The molecule has 2 heterocycles. The Morgan fingerprint density at radius 1 is 1.16 bits per heavy atom. The summed E-state index contributed by atoms with van der Waals surface area (Å²) in [6.45, 7) is 3.86. The number of benzene rings is 2. The second kappa shape index (κ2) is 8.66. The molecule has 1 unspecified atom stereocenters. The van der Waals surface area contributed by atoms with Gasteiger partial charge in [-0.2, -0.15) is 10.4 Å². The van der Waals surface area contributed by atoms with Gasteiger partial charge in [-0.25, -0.2) is 4.68 Å². The van der Waals surface area contributed by atoms with Crippen LogP contribution in [-0.2, 0) is 4.79 Å². The molecular formula is C23H21N5O2S. The van der Waals surface area contributed by atoms with Gasteiger partial charge in [0.05, 0.1) is 40.7 Å². The van der Waals surface area contributed by atoms with Crippen LogP contribution < -0.4 is 5.32 Å². The monoisotopic (exact) mass is 431 g/mol. The maximum atomic E-state index is 13.3. The minimum Gasteiger partial charge on any atom is -0.324 e. The van der Waals surface area contributed by atoms with Crippen molar-refractivity contribution < 1.29 is 9.59 Å². The quantitative estimate of drug-likeness (QED) is 0.683. The molecule has 3 aromatic rings. The fraction of sp³-hybridized carbons (Fsp3) is 0.217. The first-order valence-corrected chi connectivity index (χ1v) is 11.0. The second-order valence-corrected chi connectivity index (χ2v) is 8.31. The van der Waals surface area contributed by atoms with Crippen LogP contribution in [0.15, 0.2) is 54.7 Å². The van der Waals surface area contributed by atoms with Gasteiger partial charge in [0.25, 0.3) is 5.91 Å². The van der Waals surface area contributed by atoms with Crippen molar-refractivity contribution in [3.05, 3.63) is 77.1 Å². The molecule has 0 radical (unpaired) electrons. The van der Waals surface area contributed by atoms with E-state index in [1.807, 2.05) is 44.2 Å². The zero-order valence-electron chi connectivity index (χ0n) is 17.2. The van der Waals surface area contributed by atoms with Crippen LogP contribution in [0.2, 0.25) is 0 Å². The molecule has 1 aliphatic rings. The predicted molar refractivity (Wildman–Crippen MR) is 120 cm³/mol. The van der Waals surface area contributed by atoms with Crippen LogP contribution in [-0.4, -0.2) is 44.2 Å². The van der Waals surface area contributed by atoms with Gasteiger partial charge >= 0.3 is 0 Å². The molecule has 1 N–H and O–H groups in total. The summed E-state index contributed by atoms with van der Waals surface area (Å²) in [4.78, 5) is 27.8. The number of hydrogen-bond donors (Lipinski definition) is 1. The first-order valence-electron chi connectivity index (χ1n) is 9.80. The molecule has 1 fully saturated rings. The second-order valence-electron chi connectivity index (χ2n) is 7.31. The number of rotatable bonds is 4. The molecular weight excluding hydrogens is 410 g/mol. The molecule has 31 heavy (non-hydrogen) atoms. The van der Waals surface area contributed by atoms with Crippen LogP contribution in [0, 0.1) is 25.2 Å². The lowest BCUT2D eigenvalue weighted by atomic mass is 10.1. The van der Waals surface area contributed by atoms with E-state index >= 15 is 0 Å². The van der Waals surface area contributed by atoms with Crippen LogP contribution in [0.3, 0.4) is 0 Å². The number of nitrogens with one attached hydrogen (secondary N) is 1. The highest BCUT2D eigenvalue weighted by Gasteiger charge is 2.36. The average molecular weight is 432 g/mol. The number of aromatic nitrogens is 2. The summed E-state index contributed by atoms with van der Waals surface area (Å²) in [5.74, 6) is 0.521. The Balaban J connectivity index is 1.53. The van der Waals surface area contributed by atoms with E-state index in [0.717, 1.165) is 16.9 Å². The number of carbonyl (C=O) groups is 2. The van der Waals surface area contributed by atoms with Crippen molar-refractivity contribution in [1.29, 1.82) is 5.26 Å². The smallest absolute Gasteiger partial charge is 0.258 e. The van der Waals surface area contributed by atoms with Gasteiger partial charge in [0.1, 0.15) is 6.04 Å². The zero-order valence-corrected chi connectivity index (χ0v) is 18.0. The molecule has 156 valence electrons. The number of hydrogen-bond acceptors (Lipinski definition) is 5. The third kappa shape index (κ3) is 4.05. The van der Waals surface area contributed by atoms with Crippen LogP contribution >= 0.6 is 11.8 Å². The van der Waals surface area contributed by atoms with Gasteiger partial charge in [-0.05, 0) is 49.7 Å². The minimum atomic E-state index is -0.575. The maximum absolute atomic E-state index is 13.3. The maximum Gasteiger partial charge on any atom is 0.258 e. The SMILES string of the molecule is Cc1ccccc1-n1ncc(C(=O)N2CSCC2C(=O)Nc2ccc(C#N)cc2)c1C. The summed E-state index contributed by atoms with van der Waals surface area (Å²) in [6, 6.07) is 16.0. The summed E-state index contributed by atoms with van der Waals surface area (Å²) in [6.07, 6.45) is 1.57. The molecule has 0 saturated carbocycles. The van der Waals surface area contributed by atoms with Crippen molar-refractivity contribution in [2.45, 2.75) is 19.9 Å². The van der Waals surface area contributed by atoms with Gasteiger partial charge in [0.15, 0.2) is 0 Å². The van der Waals surface area contributed by atoms with Crippen molar-refractivity contribution in [2.24, 2.45) is 0 Å². The molecule has 8 heteroatoms. The summed E-state index contributed by atoms with van der Waals surface area (Å²) >= 11 is 1.54. The van der Waals surface area contributed by atoms with Crippen LogP contribution in [0.5, 0.6) is 0 Å². The fourth-order valence-corrected chi connectivity index (χ4v) is 4.69. The molecule has 0 spiro atoms. The number of nitrogens with zero attached hydrogens (tertiary/aromatic N) is 4. The Kier molecular flexibility index (Phi) is 5.78. The molecule has 1 aromatic heterocycles. The van der Waals surface area contributed by atoms with Gasteiger partial charge in [0, 0.05) is 11.4 Å². The van der Waals surface area contributed by atoms with E-state index in [9.17, 15) is 9.59 Å². The number of nitriles is 1. The highest BCUT2D eigenvalue weighted by molar-refractivity contribution is 7.99. The Morgan fingerprint density at radius 3 is 2.61 bits per heavy atom. The lowest BCUT2D eigenvalue weighted by Crippen LogP contribution is -2.44. The van der Waals surface area contributed by atoms with E-state index in [2.05, 4.69) is 10.4 Å². The van der Waals surface area contributed by atoms with Crippen LogP contribution in [0.4, 0.5) is 5.69 Å². The summed E-state index contributed by atoms with van der Waals surface area (Å²) in [7, 11) is 0. The normalized spacial score (nSPS) is 15.5. The van der Waals surface area contributed by atoms with E-state index in [-0.39, 0.29) is 11.8 Å². The first kappa shape index (κ1) is 20.7. The Hall–Kier alpha value is -3.57. The Bertz CT molecular complexity index is 1180. The molecule has 1 aliphatic heterocycles. The lowest BCUT2D eigenvalue weighted by Gasteiger charge is -2.23. The van der Waals surface area contributed by atoms with Gasteiger partial charge < -0.3 is 10.2 Å². The molecule has 2 amide bonds. The number of carbonyl (C=O) groups excluding carboxylic acids is 2. The molecule has 0 bridgehead atoms. The topological polar surface area (TPSA) is 91.0 Å². The standard InChI is InChI=1S/C23H21N5O2S/c1-15-5-3-4-6-20(15)28-16(2)19(12-25-28)23(30)27-14-31-13-21(27)22(29)26-18-9-7-17(11-24)8-10-18/h3-10,12,21H,13-14H2,1-2H3,(H,26,29). The number of para-hydroxylation sites is 1. The molecule has 1 saturated heterocycles. The highest BCUT2D eigenvalue weighted by Crippen LogP contribution is 2.26. The number of aryl methyl sites for hydroxylation is 1. The first-order chi connectivity index (χ1) is 15.0. The third-order valence-corrected chi connectivity index (χ3v) is 6.32. The fourth-order valence-electron chi connectivity index (χ4n) is 3.53. The lowest BCUT2D eigenvalue weighted by molar-refractivity contribution is -0.119. The Labute approximate surface area is 184 Å². The van der Waals surface area contributed by atoms with Crippen molar-refractivity contribution in [3.63, 3.8) is 0 Å². The van der Waals surface area contributed by atoms with E-state index in [1.54, 1.807) is 51.8 Å². The molecule has 2 aromatic carbocycles. The Morgan fingerprint density at radius 2 is 1.90 bits per heavy atom. The van der Waals surface area contributed by atoms with Gasteiger partial charge in [-0.15, -0.1) is 11.8 Å². The average Bonchev–Trinajstić information content (AvgIpc) is 3.41. The van der Waals surface area contributed by atoms with E-state index in [0.29, 0.717) is 28.4 Å². The van der Waals surface area contributed by atoms with Crippen LogP contribution in [0.25, 0.3) is 5.69 Å².